The van der Waals surface area contributed by atoms with Gasteiger partial charge in [0.25, 0.3) is 0 Å². The van der Waals surface area contributed by atoms with Crippen molar-refractivity contribution >= 4 is 45.4 Å². The second kappa shape index (κ2) is 7.84. The van der Waals surface area contributed by atoms with Gasteiger partial charge in [-0.15, -0.1) is 0 Å². The predicted molar refractivity (Wildman–Crippen MR) is 86.3 cm³/mol. The fraction of sp³-hybridized carbons (Fsp3) is 0.308. The third kappa shape index (κ3) is 5.70. The van der Waals surface area contributed by atoms with Gasteiger partial charge >= 0.3 is 5.97 Å². The molecule has 1 rings (SSSR count). The van der Waals surface area contributed by atoms with Crippen molar-refractivity contribution in [1.82, 2.24) is 4.72 Å². The molecule has 5 nitrogen and oxygen atoms in total. The molecule has 116 valence electrons. The summed E-state index contributed by atoms with van der Waals surface area (Å²) < 4.78 is 26.8. The first kappa shape index (κ1) is 18.0. The van der Waals surface area contributed by atoms with Crippen molar-refractivity contribution in [3.8, 4) is 0 Å². The van der Waals surface area contributed by atoms with E-state index in [9.17, 15) is 13.2 Å². The first-order chi connectivity index (χ1) is 9.76. The zero-order valence-electron chi connectivity index (χ0n) is 11.5. The van der Waals surface area contributed by atoms with Gasteiger partial charge < -0.3 is 5.11 Å². The van der Waals surface area contributed by atoms with Gasteiger partial charge in [0, 0.05) is 17.9 Å². The number of hydrogen-bond donors (Lipinski definition) is 2. The summed E-state index contributed by atoms with van der Waals surface area (Å²) in [6, 6.07) is 4.27. The first-order valence-corrected chi connectivity index (χ1v) is 9.14. The maximum Gasteiger partial charge on any atom is 0.328 e. The van der Waals surface area contributed by atoms with Crippen molar-refractivity contribution < 1.29 is 18.3 Å². The number of rotatable bonds is 7. The van der Waals surface area contributed by atoms with Gasteiger partial charge in [-0.2, -0.15) is 11.8 Å². The molecule has 0 aliphatic heterocycles. The smallest absolute Gasteiger partial charge is 0.328 e. The maximum absolute atomic E-state index is 12.1. The number of sulfonamides is 1. The highest BCUT2D eigenvalue weighted by Crippen LogP contribution is 2.23. The van der Waals surface area contributed by atoms with E-state index >= 15 is 0 Å². The highest BCUT2D eigenvalue weighted by Gasteiger charge is 2.18. The molecule has 1 aromatic rings. The van der Waals surface area contributed by atoms with E-state index in [1.807, 2.05) is 13.2 Å². The SMILES string of the molecule is CSC(C)CNS(=O)(=O)c1ccc(/C=C/C(=O)O)cc1Cl. The maximum atomic E-state index is 12.1. The number of aliphatic carboxylic acids is 1. The fourth-order valence-corrected chi connectivity index (χ4v) is 3.43. The molecular weight excluding hydrogens is 334 g/mol. The fourth-order valence-electron chi connectivity index (χ4n) is 1.39. The second-order valence-corrected chi connectivity index (χ2v) is 7.68. The second-order valence-electron chi connectivity index (χ2n) is 4.26. The van der Waals surface area contributed by atoms with Crippen LogP contribution in [0.4, 0.5) is 0 Å². The van der Waals surface area contributed by atoms with Crippen LogP contribution in [0.3, 0.4) is 0 Å². The minimum atomic E-state index is -3.68. The molecule has 0 bridgehead atoms. The van der Waals surface area contributed by atoms with Crippen LogP contribution in [-0.2, 0) is 14.8 Å². The Hall–Kier alpha value is -1.02. The molecule has 0 aliphatic rings. The number of carboxylic acids is 1. The Kier molecular flexibility index (Phi) is 6.73. The Morgan fingerprint density at radius 2 is 2.19 bits per heavy atom. The van der Waals surface area contributed by atoms with Gasteiger partial charge in [0.1, 0.15) is 4.90 Å². The van der Waals surface area contributed by atoms with Crippen LogP contribution < -0.4 is 4.72 Å². The van der Waals surface area contributed by atoms with Gasteiger partial charge in [-0.1, -0.05) is 24.6 Å². The molecule has 1 atom stereocenters. The molecule has 0 saturated carbocycles. The summed E-state index contributed by atoms with van der Waals surface area (Å²) in [6.07, 6.45) is 4.20. The molecule has 0 spiro atoms. The van der Waals surface area contributed by atoms with E-state index in [0.29, 0.717) is 12.1 Å². The van der Waals surface area contributed by atoms with Gasteiger partial charge in [0.2, 0.25) is 10.0 Å². The molecule has 0 radical (unpaired) electrons. The molecule has 0 amide bonds. The lowest BCUT2D eigenvalue weighted by molar-refractivity contribution is -0.131. The van der Waals surface area contributed by atoms with Gasteiger partial charge in [-0.05, 0) is 30.0 Å². The Balaban J connectivity index is 2.96. The van der Waals surface area contributed by atoms with Crippen LogP contribution in [0.5, 0.6) is 0 Å². The molecule has 1 aromatic carbocycles. The largest absolute Gasteiger partial charge is 0.478 e. The van der Waals surface area contributed by atoms with E-state index in [0.717, 1.165) is 6.08 Å². The van der Waals surface area contributed by atoms with E-state index in [-0.39, 0.29) is 15.2 Å². The predicted octanol–water partition coefficient (Wildman–Crippen LogP) is 2.47. The summed E-state index contributed by atoms with van der Waals surface area (Å²) in [5, 5.41) is 8.74. The minimum Gasteiger partial charge on any atom is -0.478 e. The summed E-state index contributed by atoms with van der Waals surface area (Å²) >= 11 is 7.52. The lowest BCUT2D eigenvalue weighted by Gasteiger charge is -2.12. The standard InChI is InChI=1S/C13H16ClNO4S2/c1-9(20-2)8-15-21(18,19)12-5-3-10(7-11(12)14)4-6-13(16)17/h3-7,9,15H,8H2,1-2H3,(H,16,17)/b6-4+. The Bertz CT molecular complexity index is 644. The molecule has 21 heavy (non-hydrogen) atoms. The Morgan fingerprint density at radius 1 is 1.52 bits per heavy atom. The summed E-state index contributed by atoms with van der Waals surface area (Å²) in [6.45, 7) is 2.22. The zero-order chi connectivity index (χ0) is 16.0. The molecule has 2 N–H and O–H groups in total. The summed E-state index contributed by atoms with van der Waals surface area (Å²) in [4.78, 5) is 10.4. The van der Waals surface area contributed by atoms with Crippen molar-refractivity contribution in [2.75, 3.05) is 12.8 Å². The number of carbonyl (C=O) groups is 1. The molecule has 0 aromatic heterocycles. The van der Waals surface area contributed by atoms with Crippen LogP contribution in [0, 0.1) is 0 Å². The average molecular weight is 350 g/mol. The monoisotopic (exact) mass is 349 g/mol. The van der Waals surface area contributed by atoms with Crippen molar-refractivity contribution in [2.24, 2.45) is 0 Å². The topological polar surface area (TPSA) is 83.5 Å². The van der Waals surface area contributed by atoms with Crippen molar-refractivity contribution in [1.29, 1.82) is 0 Å². The zero-order valence-corrected chi connectivity index (χ0v) is 13.9. The van der Waals surface area contributed by atoms with Crippen molar-refractivity contribution in [3.05, 3.63) is 34.9 Å². The van der Waals surface area contributed by atoms with E-state index < -0.39 is 16.0 Å². The summed E-state index contributed by atoms with van der Waals surface area (Å²) in [5.41, 5.74) is 0.513. The average Bonchev–Trinajstić information content (AvgIpc) is 2.42. The molecule has 1 unspecified atom stereocenters. The quantitative estimate of drug-likeness (QED) is 0.739. The number of benzene rings is 1. The molecule has 0 saturated heterocycles. The van der Waals surface area contributed by atoms with Gasteiger partial charge in [0.15, 0.2) is 0 Å². The Morgan fingerprint density at radius 3 is 2.71 bits per heavy atom. The number of nitrogens with one attached hydrogen (secondary N) is 1. The number of thioether (sulfide) groups is 1. The van der Waals surface area contributed by atoms with Crippen LogP contribution in [0.15, 0.2) is 29.2 Å². The van der Waals surface area contributed by atoms with Crippen LogP contribution in [-0.4, -0.2) is 37.5 Å². The number of carboxylic acid groups (broad SMARTS) is 1. The van der Waals surface area contributed by atoms with E-state index in [1.54, 1.807) is 11.8 Å². The number of hydrogen-bond acceptors (Lipinski definition) is 4. The molecule has 0 heterocycles. The molecule has 8 heteroatoms. The van der Waals surface area contributed by atoms with Crippen LogP contribution in [0.2, 0.25) is 5.02 Å². The normalized spacial score (nSPS) is 13.5. The van der Waals surface area contributed by atoms with E-state index in [4.69, 9.17) is 16.7 Å². The van der Waals surface area contributed by atoms with Crippen molar-refractivity contribution in [2.45, 2.75) is 17.1 Å². The minimum absolute atomic E-state index is 0.0232. The lowest BCUT2D eigenvalue weighted by Crippen LogP contribution is -2.29. The van der Waals surface area contributed by atoms with E-state index in [1.165, 1.54) is 24.3 Å². The highest BCUT2D eigenvalue weighted by molar-refractivity contribution is 7.99. The van der Waals surface area contributed by atoms with Gasteiger partial charge in [0.05, 0.1) is 5.02 Å². The van der Waals surface area contributed by atoms with Gasteiger partial charge in [-0.3, -0.25) is 0 Å². The molecule has 0 aliphatic carbocycles. The molecule has 0 fully saturated rings. The first-order valence-electron chi connectivity index (χ1n) is 5.99. The lowest BCUT2D eigenvalue weighted by atomic mass is 10.2. The molecular formula is C13H16ClNO4S2. The third-order valence-electron chi connectivity index (χ3n) is 2.63. The third-order valence-corrected chi connectivity index (χ3v) is 5.50. The van der Waals surface area contributed by atoms with Crippen LogP contribution in [0.25, 0.3) is 6.08 Å². The van der Waals surface area contributed by atoms with Crippen LogP contribution >= 0.6 is 23.4 Å². The summed E-state index contributed by atoms with van der Waals surface area (Å²) in [5.74, 6) is -1.09. The summed E-state index contributed by atoms with van der Waals surface area (Å²) in [7, 11) is -3.68. The highest BCUT2D eigenvalue weighted by atomic mass is 35.5. The van der Waals surface area contributed by atoms with Crippen LogP contribution in [0.1, 0.15) is 12.5 Å². The van der Waals surface area contributed by atoms with Crippen molar-refractivity contribution in [3.63, 3.8) is 0 Å². The van der Waals surface area contributed by atoms with E-state index in [2.05, 4.69) is 4.72 Å². The number of halogens is 1. The Labute approximate surface area is 133 Å². The van der Waals surface area contributed by atoms with Gasteiger partial charge in [-0.25, -0.2) is 17.9 Å².